The van der Waals surface area contributed by atoms with Crippen LogP contribution in [0.4, 0.5) is 5.88 Å². The molecule has 0 saturated carbocycles. The van der Waals surface area contributed by atoms with E-state index >= 15 is 0 Å². The average molecular weight is 406 g/mol. The molecule has 0 aliphatic heterocycles. The van der Waals surface area contributed by atoms with Gasteiger partial charge in [0.2, 0.25) is 11.3 Å². The van der Waals surface area contributed by atoms with Gasteiger partial charge in [0.05, 0.1) is 18.1 Å². The number of halogens is 1. The van der Waals surface area contributed by atoms with Crippen LogP contribution >= 0.6 is 11.6 Å². The zero-order chi connectivity index (χ0) is 20.4. The molecule has 5 nitrogen and oxygen atoms in total. The van der Waals surface area contributed by atoms with Crippen LogP contribution in [-0.2, 0) is 0 Å². The van der Waals surface area contributed by atoms with Crippen LogP contribution in [0.25, 0.3) is 22.1 Å². The van der Waals surface area contributed by atoms with E-state index in [2.05, 4.69) is 5.32 Å². The van der Waals surface area contributed by atoms with Crippen molar-refractivity contribution in [3.05, 3.63) is 93.6 Å². The predicted molar refractivity (Wildman–Crippen MR) is 114 cm³/mol. The molecule has 1 amide bonds. The van der Waals surface area contributed by atoms with Crippen molar-refractivity contribution in [1.82, 2.24) is 0 Å². The third-order valence-electron chi connectivity index (χ3n) is 4.47. The number of anilines is 1. The molecule has 1 N–H and O–H groups in total. The molecule has 1 aromatic heterocycles. The van der Waals surface area contributed by atoms with Crippen molar-refractivity contribution >= 4 is 34.4 Å². The Hall–Kier alpha value is -3.57. The van der Waals surface area contributed by atoms with Crippen LogP contribution < -0.4 is 15.5 Å². The smallest absolute Gasteiger partial charge is 0.258 e. The van der Waals surface area contributed by atoms with Gasteiger partial charge >= 0.3 is 0 Å². The van der Waals surface area contributed by atoms with Crippen molar-refractivity contribution in [3.63, 3.8) is 0 Å². The molecule has 0 atom stereocenters. The minimum atomic E-state index is -0.425. The van der Waals surface area contributed by atoms with E-state index in [1.165, 1.54) is 7.11 Å². The fraction of sp³-hybridized carbons (Fsp3) is 0.0435. The number of fused-ring (bicyclic) bond motifs is 1. The lowest BCUT2D eigenvalue weighted by Gasteiger charge is -2.12. The van der Waals surface area contributed by atoms with Gasteiger partial charge in [0.15, 0.2) is 0 Å². The second kappa shape index (κ2) is 7.81. The number of methoxy groups -OCH3 is 1. The zero-order valence-electron chi connectivity index (χ0n) is 15.4. The Morgan fingerprint density at radius 3 is 2.59 bits per heavy atom. The molecular formula is C23H16ClNO4. The molecule has 0 radical (unpaired) electrons. The summed E-state index contributed by atoms with van der Waals surface area (Å²) in [6.45, 7) is 0. The summed E-state index contributed by atoms with van der Waals surface area (Å²) in [7, 11) is 1.52. The van der Waals surface area contributed by atoms with Crippen LogP contribution in [0.2, 0.25) is 5.02 Å². The molecular weight excluding hydrogens is 390 g/mol. The van der Waals surface area contributed by atoms with E-state index < -0.39 is 5.91 Å². The van der Waals surface area contributed by atoms with E-state index in [1.807, 2.05) is 0 Å². The number of nitrogens with one attached hydrogen (secondary N) is 1. The number of carbonyl (C=O) groups excluding carboxylic acids is 1. The van der Waals surface area contributed by atoms with Crippen molar-refractivity contribution < 1.29 is 13.9 Å². The van der Waals surface area contributed by atoms with Crippen molar-refractivity contribution in [2.24, 2.45) is 0 Å². The van der Waals surface area contributed by atoms with Gasteiger partial charge in [-0.3, -0.25) is 14.9 Å². The van der Waals surface area contributed by atoms with E-state index in [0.29, 0.717) is 32.9 Å². The van der Waals surface area contributed by atoms with Crippen LogP contribution in [0.3, 0.4) is 0 Å². The molecule has 1 heterocycles. The fourth-order valence-electron chi connectivity index (χ4n) is 3.08. The fourth-order valence-corrected chi connectivity index (χ4v) is 3.27. The zero-order valence-corrected chi connectivity index (χ0v) is 16.2. The van der Waals surface area contributed by atoms with Crippen LogP contribution in [0.15, 0.2) is 82.0 Å². The van der Waals surface area contributed by atoms with E-state index in [4.69, 9.17) is 20.8 Å². The second-order valence-corrected chi connectivity index (χ2v) is 6.76. The normalized spacial score (nSPS) is 10.7. The Balaban J connectivity index is 1.87. The minimum Gasteiger partial charge on any atom is -0.497 e. The van der Waals surface area contributed by atoms with E-state index in [0.717, 1.165) is 0 Å². The van der Waals surface area contributed by atoms with Gasteiger partial charge in [0.25, 0.3) is 5.91 Å². The van der Waals surface area contributed by atoms with Gasteiger partial charge in [-0.2, -0.15) is 0 Å². The van der Waals surface area contributed by atoms with Crippen molar-refractivity contribution in [3.8, 4) is 16.9 Å². The van der Waals surface area contributed by atoms with Gasteiger partial charge in [-0.25, -0.2) is 0 Å². The average Bonchev–Trinajstić information content (AvgIpc) is 2.74. The highest BCUT2D eigenvalue weighted by molar-refractivity contribution is 6.30. The van der Waals surface area contributed by atoms with Gasteiger partial charge in [-0.1, -0.05) is 41.9 Å². The summed E-state index contributed by atoms with van der Waals surface area (Å²) in [5, 5.41) is 3.62. The standard InChI is InChI=1S/C23H16ClNO4/c1-28-17-9-5-7-15(13-17)22(27)25-23-20(14-6-4-8-16(24)12-14)21(26)18-10-2-3-11-19(18)29-23/h2-13H,1H3,(H,25,27). The van der Waals surface area contributed by atoms with Crippen LogP contribution in [0.1, 0.15) is 10.4 Å². The highest BCUT2D eigenvalue weighted by atomic mass is 35.5. The number of ether oxygens (including phenoxy) is 1. The molecule has 0 bridgehead atoms. The van der Waals surface area contributed by atoms with Crippen LogP contribution in [-0.4, -0.2) is 13.0 Å². The number of hydrogen-bond acceptors (Lipinski definition) is 4. The van der Waals surface area contributed by atoms with E-state index in [9.17, 15) is 9.59 Å². The first kappa shape index (κ1) is 18.8. The largest absolute Gasteiger partial charge is 0.497 e. The summed E-state index contributed by atoms with van der Waals surface area (Å²) < 4.78 is 11.1. The lowest BCUT2D eigenvalue weighted by Crippen LogP contribution is -2.16. The lowest BCUT2D eigenvalue weighted by molar-refractivity contribution is 0.102. The number of amides is 1. The number of hydrogen-bond donors (Lipinski definition) is 1. The molecule has 4 aromatic rings. The molecule has 6 heteroatoms. The molecule has 0 aliphatic carbocycles. The third-order valence-corrected chi connectivity index (χ3v) is 4.71. The quantitative estimate of drug-likeness (QED) is 0.495. The highest BCUT2D eigenvalue weighted by Gasteiger charge is 2.19. The lowest BCUT2D eigenvalue weighted by atomic mass is 10.0. The molecule has 144 valence electrons. The first-order chi connectivity index (χ1) is 14.1. The molecule has 0 unspecified atom stereocenters. The SMILES string of the molecule is COc1cccc(C(=O)Nc2oc3ccccc3c(=O)c2-c2cccc(Cl)c2)c1. The molecule has 0 spiro atoms. The van der Waals surface area contributed by atoms with E-state index in [-0.39, 0.29) is 16.9 Å². The monoisotopic (exact) mass is 405 g/mol. The topological polar surface area (TPSA) is 68.5 Å². The molecule has 0 saturated heterocycles. The van der Waals surface area contributed by atoms with Crippen molar-refractivity contribution in [1.29, 1.82) is 0 Å². The summed E-state index contributed by atoms with van der Waals surface area (Å²) >= 11 is 6.12. The Morgan fingerprint density at radius 1 is 1.00 bits per heavy atom. The summed E-state index contributed by atoms with van der Waals surface area (Å²) in [6, 6.07) is 20.4. The first-order valence-electron chi connectivity index (χ1n) is 8.84. The Kier molecular flexibility index (Phi) is 5.06. The van der Waals surface area contributed by atoms with Gasteiger partial charge in [0, 0.05) is 10.6 Å². The number of para-hydroxylation sites is 1. The van der Waals surface area contributed by atoms with E-state index in [1.54, 1.807) is 72.8 Å². The summed E-state index contributed by atoms with van der Waals surface area (Å²) in [5.41, 5.74) is 1.29. The van der Waals surface area contributed by atoms with Crippen molar-refractivity contribution in [2.75, 3.05) is 12.4 Å². The number of benzene rings is 3. The maximum atomic E-state index is 13.2. The van der Waals surface area contributed by atoms with Crippen LogP contribution in [0.5, 0.6) is 5.75 Å². The van der Waals surface area contributed by atoms with Gasteiger partial charge in [0.1, 0.15) is 11.3 Å². The number of carbonyl (C=O) groups is 1. The third kappa shape index (κ3) is 3.73. The maximum absolute atomic E-state index is 13.2. The Bertz CT molecular complexity index is 1280. The highest BCUT2D eigenvalue weighted by Crippen LogP contribution is 2.30. The number of rotatable bonds is 4. The first-order valence-corrected chi connectivity index (χ1v) is 9.22. The second-order valence-electron chi connectivity index (χ2n) is 6.33. The van der Waals surface area contributed by atoms with Gasteiger partial charge < -0.3 is 9.15 Å². The van der Waals surface area contributed by atoms with Gasteiger partial charge in [-0.05, 0) is 48.0 Å². The molecule has 0 aliphatic rings. The van der Waals surface area contributed by atoms with Gasteiger partial charge in [-0.15, -0.1) is 0 Å². The Labute approximate surface area is 171 Å². The summed E-state index contributed by atoms with van der Waals surface area (Å²) in [4.78, 5) is 26.0. The van der Waals surface area contributed by atoms with Crippen LogP contribution in [0, 0.1) is 0 Å². The van der Waals surface area contributed by atoms with Crippen molar-refractivity contribution in [2.45, 2.75) is 0 Å². The summed E-state index contributed by atoms with van der Waals surface area (Å²) in [5.74, 6) is 0.182. The molecule has 0 fully saturated rings. The minimum absolute atomic E-state index is 0.0591. The molecule has 29 heavy (non-hydrogen) atoms. The Morgan fingerprint density at radius 2 is 1.79 bits per heavy atom. The molecule has 4 rings (SSSR count). The molecule has 3 aromatic carbocycles. The maximum Gasteiger partial charge on any atom is 0.258 e. The predicted octanol–water partition coefficient (Wildman–Crippen LogP) is 5.37. The summed E-state index contributed by atoms with van der Waals surface area (Å²) in [6.07, 6.45) is 0.